The summed E-state index contributed by atoms with van der Waals surface area (Å²) < 4.78 is 41.0. The summed E-state index contributed by atoms with van der Waals surface area (Å²) in [5.41, 5.74) is 3.05. The Bertz CT molecular complexity index is 1570. The van der Waals surface area contributed by atoms with Crippen LogP contribution in [0.2, 0.25) is 0 Å². The minimum absolute atomic E-state index is 0.0205. The molecule has 2 fully saturated rings. The number of ether oxygens (including phenoxy) is 7. The fourth-order valence-corrected chi connectivity index (χ4v) is 7.41. The number of thiocarbonyl (C=S) groups is 1. The third-order valence-electron chi connectivity index (χ3n) is 8.56. The van der Waals surface area contributed by atoms with Crippen LogP contribution in [0.5, 0.6) is 0 Å². The molecule has 0 saturated carbocycles. The van der Waals surface area contributed by atoms with Gasteiger partial charge in [0, 0.05) is 62.8 Å². The van der Waals surface area contributed by atoms with E-state index < -0.39 is 60.7 Å². The highest BCUT2D eigenvalue weighted by Gasteiger charge is 2.52. The number of hydrogen-bond acceptors (Lipinski definition) is 15. The molecular formula is C37H47NO13S2. The maximum absolute atomic E-state index is 12.2. The third kappa shape index (κ3) is 12.2. The van der Waals surface area contributed by atoms with Crippen LogP contribution in [0.4, 0.5) is 5.69 Å². The van der Waals surface area contributed by atoms with Crippen molar-refractivity contribution in [3.8, 4) is 0 Å². The van der Waals surface area contributed by atoms with Crippen LogP contribution in [-0.2, 0) is 58.9 Å². The van der Waals surface area contributed by atoms with E-state index in [0.717, 1.165) is 25.0 Å². The van der Waals surface area contributed by atoms with Gasteiger partial charge in [-0.3, -0.25) is 19.2 Å². The Kier molecular flexibility index (Phi) is 16.0. The van der Waals surface area contributed by atoms with Gasteiger partial charge in [-0.1, -0.05) is 55.5 Å². The second-order valence-corrected chi connectivity index (χ2v) is 14.4. The molecular weight excluding hydrogens is 731 g/mol. The summed E-state index contributed by atoms with van der Waals surface area (Å²) in [4.78, 5) is 48.5. The topological polar surface area (TPSA) is 185 Å². The highest BCUT2D eigenvalue weighted by Crippen LogP contribution is 2.43. The number of carbonyl (C=O) groups excluding carboxylic acids is 4. The first kappa shape index (κ1) is 42.1. The van der Waals surface area contributed by atoms with Gasteiger partial charge in [-0.05, 0) is 23.3 Å². The lowest BCUT2D eigenvalue weighted by molar-refractivity contribution is -0.268. The number of rotatable bonds is 15. The van der Waals surface area contributed by atoms with E-state index in [-0.39, 0.29) is 49.4 Å². The molecule has 16 heteroatoms. The van der Waals surface area contributed by atoms with Crippen molar-refractivity contribution in [2.75, 3.05) is 30.0 Å². The Labute approximate surface area is 318 Å². The zero-order valence-corrected chi connectivity index (χ0v) is 31.9. The molecule has 2 aliphatic heterocycles. The van der Waals surface area contributed by atoms with Crippen molar-refractivity contribution in [1.82, 2.24) is 0 Å². The molecule has 0 aliphatic carbocycles. The van der Waals surface area contributed by atoms with Gasteiger partial charge in [0.2, 0.25) is 0 Å². The van der Waals surface area contributed by atoms with Gasteiger partial charge >= 0.3 is 23.9 Å². The number of anilines is 1. The standard InChI is InChI=1S/C37H47NO13S2/c1-20-31(19-53-14-13-39)50-37(51-33(20)26-11-9-25(17-40)10-12-26)27-7-6-8-28(15-27)38-32(52)16-29-34(46-22(3)42)36(48-24(5)44)35(47-23(4)43)30(49-29)18-45-21(2)41/h6-12,15,20,29-31,33-37,39-40H,13-14,16-19H2,1-5H3,(H,38,52). The molecule has 3 N–H and O–H groups in total. The Morgan fingerprint density at radius 1 is 0.792 bits per heavy atom. The quantitative estimate of drug-likeness (QED) is 0.102. The van der Waals surface area contributed by atoms with Gasteiger partial charge in [0.15, 0.2) is 24.6 Å². The second-order valence-electron chi connectivity index (χ2n) is 12.7. The van der Waals surface area contributed by atoms with Gasteiger partial charge in [-0.2, -0.15) is 11.8 Å². The van der Waals surface area contributed by atoms with Gasteiger partial charge < -0.3 is 48.7 Å². The van der Waals surface area contributed by atoms with Crippen LogP contribution < -0.4 is 5.32 Å². The molecule has 290 valence electrons. The molecule has 0 spiro atoms. The molecule has 9 unspecified atom stereocenters. The van der Waals surface area contributed by atoms with E-state index in [2.05, 4.69) is 12.2 Å². The highest BCUT2D eigenvalue weighted by molar-refractivity contribution is 7.99. The summed E-state index contributed by atoms with van der Waals surface area (Å²) in [6.07, 6.45) is -7.22. The predicted molar refractivity (Wildman–Crippen MR) is 197 cm³/mol. The lowest BCUT2D eigenvalue weighted by Crippen LogP contribution is -2.62. The number of hydrogen-bond donors (Lipinski definition) is 3. The number of thioether (sulfide) groups is 1. The van der Waals surface area contributed by atoms with Crippen LogP contribution in [0.15, 0.2) is 48.5 Å². The molecule has 53 heavy (non-hydrogen) atoms. The average Bonchev–Trinajstić information content (AvgIpc) is 3.10. The Hall–Kier alpha value is -3.64. The summed E-state index contributed by atoms with van der Waals surface area (Å²) in [5, 5.41) is 22.1. The van der Waals surface area contributed by atoms with Crippen LogP contribution in [0, 0.1) is 5.92 Å². The van der Waals surface area contributed by atoms with Crippen molar-refractivity contribution in [3.63, 3.8) is 0 Å². The zero-order valence-electron chi connectivity index (χ0n) is 30.3. The molecule has 4 rings (SSSR count). The molecule has 0 radical (unpaired) electrons. The van der Waals surface area contributed by atoms with Crippen molar-refractivity contribution in [3.05, 3.63) is 65.2 Å². The van der Waals surface area contributed by atoms with E-state index >= 15 is 0 Å². The Balaban J connectivity index is 1.56. The molecule has 2 saturated heterocycles. The molecule has 14 nitrogen and oxygen atoms in total. The minimum atomic E-state index is -1.30. The number of aliphatic hydroxyl groups is 2. The lowest BCUT2D eigenvalue weighted by atomic mass is 9.91. The maximum Gasteiger partial charge on any atom is 0.303 e. The molecule has 2 aromatic carbocycles. The highest BCUT2D eigenvalue weighted by atomic mass is 32.2. The zero-order chi connectivity index (χ0) is 38.7. The molecule has 0 aromatic heterocycles. The number of carbonyl (C=O) groups is 4. The number of esters is 4. The summed E-state index contributed by atoms with van der Waals surface area (Å²) in [5.74, 6) is -1.57. The van der Waals surface area contributed by atoms with Crippen LogP contribution >= 0.6 is 24.0 Å². The fraction of sp³-hybridized carbons (Fsp3) is 0.541. The van der Waals surface area contributed by atoms with Crippen molar-refractivity contribution >= 4 is 58.5 Å². The van der Waals surface area contributed by atoms with Crippen molar-refractivity contribution in [2.45, 2.75) is 96.7 Å². The number of nitrogens with one attached hydrogen (secondary N) is 1. The second kappa shape index (κ2) is 20.2. The van der Waals surface area contributed by atoms with Gasteiger partial charge in [0.25, 0.3) is 0 Å². The van der Waals surface area contributed by atoms with Crippen molar-refractivity contribution < 1.29 is 62.5 Å². The van der Waals surface area contributed by atoms with Gasteiger partial charge in [0.1, 0.15) is 18.8 Å². The normalized spacial score (nSPS) is 26.9. The first-order valence-electron chi connectivity index (χ1n) is 17.2. The maximum atomic E-state index is 12.2. The molecule has 2 aliphatic rings. The van der Waals surface area contributed by atoms with Crippen LogP contribution in [-0.4, -0.2) is 100 Å². The van der Waals surface area contributed by atoms with E-state index in [1.165, 1.54) is 13.8 Å². The SMILES string of the molecule is CC(=O)OCC1OC(CC(=S)Nc2cccc(C3OC(CSCCO)C(C)C(c4ccc(CO)cc4)O3)c2)C(OC(C)=O)C(OC(C)=O)C1OC(C)=O. The predicted octanol–water partition coefficient (Wildman–Crippen LogP) is 3.95. The van der Waals surface area contributed by atoms with Crippen molar-refractivity contribution in [2.24, 2.45) is 5.92 Å². The Morgan fingerprint density at radius 3 is 2.04 bits per heavy atom. The van der Waals surface area contributed by atoms with E-state index in [1.807, 2.05) is 42.5 Å². The van der Waals surface area contributed by atoms with Crippen molar-refractivity contribution in [1.29, 1.82) is 0 Å². The Morgan fingerprint density at radius 2 is 1.43 bits per heavy atom. The molecule has 0 bridgehead atoms. The van der Waals surface area contributed by atoms with E-state index in [9.17, 15) is 29.4 Å². The van der Waals surface area contributed by atoms with Gasteiger partial charge in [0.05, 0.1) is 30.4 Å². The summed E-state index contributed by atoms with van der Waals surface area (Å²) >= 11 is 7.33. The van der Waals surface area contributed by atoms with E-state index in [0.29, 0.717) is 22.8 Å². The number of benzene rings is 2. The molecule has 0 amide bonds. The molecule has 9 atom stereocenters. The first-order chi connectivity index (χ1) is 25.3. The number of aliphatic hydroxyl groups excluding tert-OH is 2. The fourth-order valence-electron chi connectivity index (χ4n) is 6.21. The van der Waals surface area contributed by atoms with E-state index in [1.54, 1.807) is 17.8 Å². The molecule has 2 heterocycles. The lowest BCUT2D eigenvalue weighted by Gasteiger charge is -2.44. The van der Waals surface area contributed by atoms with E-state index in [4.69, 9.17) is 45.4 Å². The third-order valence-corrected chi connectivity index (χ3v) is 9.86. The van der Waals surface area contributed by atoms with Crippen LogP contribution in [0.3, 0.4) is 0 Å². The monoisotopic (exact) mass is 777 g/mol. The smallest absolute Gasteiger partial charge is 0.303 e. The van der Waals surface area contributed by atoms with Gasteiger partial charge in [-0.15, -0.1) is 0 Å². The van der Waals surface area contributed by atoms with Gasteiger partial charge in [-0.25, -0.2) is 0 Å². The summed E-state index contributed by atoms with van der Waals surface area (Å²) in [6, 6.07) is 14.9. The van der Waals surface area contributed by atoms with Crippen LogP contribution in [0.25, 0.3) is 0 Å². The largest absolute Gasteiger partial charge is 0.463 e. The first-order valence-corrected chi connectivity index (χ1v) is 18.7. The molecule has 2 aromatic rings. The minimum Gasteiger partial charge on any atom is -0.463 e. The summed E-state index contributed by atoms with van der Waals surface area (Å²) in [6.45, 7) is 6.41. The summed E-state index contributed by atoms with van der Waals surface area (Å²) in [7, 11) is 0. The van der Waals surface area contributed by atoms with Crippen LogP contribution in [0.1, 0.15) is 70.1 Å². The average molecular weight is 778 g/mol.